The number of ketones is 1. The Morgan fingerprint density at radius 2 is 1.39 bits per heavy atom. The molecule has 92 valence electrons. The van der Waals surface area contributed by atoms with Gasteiger partial charge in [-0.1, -0.05) is 12.1 Å². The molecule has 0 fully saturated rings. The van der Waals surface area contributed by atoms with Crippen molar-refractivity contribution >= 4 is 22.8 Å². The minimum Gasteiger partial charge on any atom is -0.398 e. The predicted molar refractivity (Wildman–Crippen MR) is 74.3 cm³/mol. The molecule has 0 heterocycles. The lowest BCUT2D eigenvalue weighted by Gasteiger charge is -2.06. The summed E-state index contributed by atoms with van der Waals surface area (Å²) >= 11 is 0. The molecule has 0 aliphatic rings. The highest BCUT2D eigenvalue weighted by Crippen LogP contribution is 2.20. The van der Waals surface area contributed by atoms with Crippen molar-refractivity contribution in [1.82, 2.24) is 0 Å². The van der Waals surface area contributed by atoms with Crippen LogP contribution < -0.4 is 17.2 Å². The van der Waals surface area contributed by atoms with Crippen LogP contribution in [0.3, 0.4) is 0 Å². The van der Waals surface area contributed by atoms with Crippen LogP contribution in [0.1, 0.15) is 21.5 Å². The molecule has 0 saturated heterocycles. The number of benzene rings is 2. The van der Waals surface area contributed by atoms with Crippen LogP contribution in [0.15, 0.2) is 36.4 Å². The van der Waals surface area contributed by atoms with Gasteiger partial charge < -0.3 is 17.2 Å². The van der Waals surface area contributed by atoms with E-state index < -0.39 is 0 Å². The molecule has 0 radical (unpaired) electrons. The van der Waals surface area contributed by atoms with E-state index in [0.717, 1.165) is 5.56 Å². The third-order valence-electron chi connectivity index (χ3n) is 2.89. The second kappa shape index (κ2) is 4.41. The molecular formula is C14H15N3O. The molecule has 2 aromatic carbocycles. The van der Waals surface area contributed by atoms with Gasteiger partial charge in [-0.3, -0.25) is 4.79 Å². The molecule has 4 heteroatoms. The maximum atomic E-state index is 12.2. The first-order chi connectivity index (χ1) is 8.49. The van der Waals surface area contributed by atoms with Crippen LogP contribution in [0.4, 0.5) is 17.1 Å². The van der Waals surface area contributed by atoms with Crippen LogP contribution in [0.25, 0.3) is 0 Å². The number of rotatable bonds is 2. The maximum Gasteiger partial charge on any atom is 0.193 e. The first kappa shape index (κ1) is 12.0. The van der Waals surface area contributed by atoms with Crippen molar-refractivity contribution in [2.75, 3.05) is 17.2 Å². The lowest BCUT2D eigenvalue weighted by Crippen LogP contribution is -2.05. The van der Waals surface area contributed by atoms with E-state index >= 15 is 0 Å². The summed E-state index contributed by atoms with van der Waals surface area (Å²) in [5, 5.41) is 0. The van der Waals surface area contributed by atoms with Gasteiger partial charge >= 0.3 is 0 Å². The molecular weight excluding hydrogens is 226 g/mol. The summed E-state index contributed by atoms with van der Waals surface area (Å²) in [7, 11) is 0. The fourth-order valence-electron chi connectivity index (χ4n) is 1.66. The van der Waals surface area contributed by atoms with Gasteiger partial charge in [0.1, 0.15) is 0 Å². The SMILES string of the molecule is Cc1ccc(C(=O)c2ccc(N)c(N)c2)cc1N. The average molecular weight is 241 g/mol. The van der Waals surface area contributed by atoms with Gasteiger partial charge in [0, 0.05) is 16.8 Å². The number of carbonyl (C=O) groups excluding carboxylic acids is 1. The Balaban J connectivity index is 2.41. The van der Waals surface area contributed by atoms with E-state index in [1.807, 2.05) is 13.0 Å². The van der Waals surface area contributed by atoms with Crippen molar-refractivity contribution in [2.24, 2.45) is 0 Å². The van der Waals surface area contributed by atoms with Crippen LogP contribution in [0, 0.1) is 6.92 Å². The van der Waals surface area contributed by atoms with Gasteiger partial charge in [-0.25, -0.2) is 0 Å². The lowest BCUT2D eigenvalue weighted by molar-refractivity contribution is 0.103. The number of aryl methyl sites for hydroxylation is 1. The topological polar surface area (TPSA) is 95.1 Å². The molecule has 0 bridgehead atoms. The van der Waals surface area contributed by atoms with Crippen molar-refractivity contribution in [3.63, 3.8) is 0 Å². The first-order valence-corrected chi connectivity index (χ1v) is 5.55. The van der Waals surface area contributed by atoms with Crippen molar-refractivity contribution in [2.45, 2.75) is 6.92 Å². The molecule has 0 unspecified atom stereocenters. The monoisotopic (exact) mass is 241 g/mol. The van der Waals surface area contributed by atoms with Crippen LogP contribution in [0.5, 0.6) is 0 Å². The molecule has 0 amide bonds. The van der Waals surface area contributed by atoms with E-state index in [-0.39, 0.29) is 5.78 Å². The van der Waals surface area contributed by atoms with Gasteiger partial charge in [0.2, 0.25) is 0 Å². The normalized spacial score (nSPS) is 10.3. The molecule has 2 rings (SSSR count). The number of nitrogens with two attached hydrogens (primary N) is 3. The van der Waals surface area contributed by atoms with E-state index in [2.05, 4.69) is 0 Å². The predicted octanol–water partition coefficient (Wildman–Crippen LogP) is 1.97. The summed E-state index contributed by atoms with van der Waals surface area (Å²) in [4.78, 5) is 12.2. The molecule has 0 saturated carbocycles. The molecule has 0 spiro atoms. The largest absolute Gasteiger partial charge is 0.398 e. The number of nitrogen functional groups attached to an aromatic ring is 3. The number of hydrogen-bond donors (Lipinski definition) is 3. The third kappa shape index (κ3) is 2.13. The molecule has 6 N–H and O–H groups in total. The van der Waals surface area contributed by atoms with E-state index in [1.54, 1.807) is 30.3 Å². The van der Waals surface area contributed by atoms with Crippen LogP contribution in [-0.2, 0) is 0 Å². The van der Waals surface area contributed by atoms with Crippen molar-refractivity contribution in [3.8, 4) is 0 Å². The van der Waals surface area contributed by atoms with Crippen LogP contribution in [-0.4, -0.2) is 5.78 Å². The standard InChI is InChI=1S/C14H15N3O/c1-8-2-3-9(6-12(8)16)14(18)10-4-5-11(15)13(17)7-10/h2-7H,15-17H2,1H3. The van der Waals surface area contributed by atoms with Gasteiger partial charge in [0.05, 0.1) is 11.4 Å². The zero-order chi connectivity index (χ0) is 13.3. The Hall–Kier alpha value is -2.49. The van der Waals surface area contributed by atoms with Gasteiger partial charge in [-0.15, -0.1) is 0 Å². The second-order valence-electron chi connectivity index (χ2n) is 4.24. The first-order valence-electron chi connectivity index (χ1n) is 5.55. The smallest absolute Gasteiger partial charge is 0.193 e. The minimum absolute atomic E-state index is 0.117. The fraction of sp³-hybridized carbons (Fsp3) is 0.0714. The Labute approximate surface area is 105 Å². The Kier molecular flexibility index (Phi) is 2.93. The molecule has 0 atom stereocenters. The van der Waals surface area contributed by atoms with E-state index in [0.29, 0.717) is 28.2 Å². The summed E-state index contributed by atoms with van der Waals surface area (Å²) in [6.07, 6.45) is 0. The van der Waals surface area contributed by atoms with Crippen molar-refractivity contribution in [3.05, 3.63) is 53.1 Å². The highest BCUT2D eigenvalue weighted by molar-refractivity contribution is 6.10. The third-order valence-corrected chi connectivity index (χ3v) is 2.89. The maximum absolute atomic E-state index is 12.2. The van der Waals surface area contributed by atoms with Crippen LogP contribution >= 0.6 is 0 Å². The summed E-state index contributed by atoms with van der Waals surface area (Å²) in [6.45, 7) is 1.89. The van der Waals surface area contributed by atoms with E-state index in [1.165, 1.54) is 0 Å². The van der Waals surface area contributed by atoms with Gasteiger partial charge in [0.15, 0.2) is 5.78 Å². The summed E-state index contributed by atoms with van der Waals surface area (Å²) in [5.74, 6) is -0.117. The summed E-state index contributed by atoms with van der Waals surface area (Å²) < 4.78 is 0. The minimum atomic E-state index is -0.117. The lowest BCUT2D eigenvalue weighted by atomic mass is 10.0. The van der Waals surface area contributed by atoms with Crippen LogP contribution in [0.2, 0.25) is 0 Å². The zero-order valence-corrected chi connectivity index (χ0v) is 10.1. The second-order valence-corrected chi connectivity index (χ2v) is 4.24. The quantitative estimate of drug-likeness (QED) is 0.553. The zero-order valence-electron chi connectivity index (χ0n) is 10.1. The average Bonchev–Trinajstić information content (AvgIpc) is 2.35. The van der Waals surface area contributed by atoms with Gasteiger partial charge in [-0.05, 0) is 36.8 Å². The fourth-order valence-corrected chi connectivity index (χ4v) is 1.66. The number of hydrogen-bond acceptors (Lipinski definition) is 4. The van der Waals surface area contributed by atoms with E-state index in [9.17, 15) is 4.79 Å². The molecule has 0 aliphatic heterocycles. The molecule has 0 aromatic heterocycles. The Morgan fingerprint density at radius 3 is 1.94 bits per heavy atom. The van der Waals surface area contributed by atoms with Crippen molar-refractivity contribution in [1.29, 1.82) is 0 Å². The van der Waals surface area contributed by atoms with Gasteiger partial charge in [-0.2, -0.15) is 0 Å². The molecule has 18 heavy (non-hydrogen) atoms. The van der Waals surface area contributed by atoms with Gasteiger partial charge in [0.25, 0.3) is 0 Å². The molecule has 0 aliphatic carbocycles. The highest BCUT2D eigenvalue weighted by Gasteiger charge is 2.11. The number of carbonyl (C=O) groups is 1. The van der Waals surface area contributed by atoms with E-state index in [4.69, 9.17) is 17.2 Å². The van der Waals surface area contributed by atoms with Crippen molar-refractivity contribution < 1.29 is 4.79 Å². The summed E-state index contributed by atoms with van der Waals surface area (Å²) in [5.41, 5.74) is 20.6. The Bertz CT molecular complexity index is 567. The summed E-state index contributed by atoms with van der Waals surface area (Å²) in [6, 6.07) is 10.1. The molecule has 2 aromatic rings. The molecule has 4 nitrogen and oxygen atoms in total. The highest BCUT2D eigenvalue weighted by atomic mass is 16.1. The Morgan fingerprint density at radius 1 is 0.833 bits per heavy atom. The number of anilines is 3.